The lowest BCUT2D eigenvalue weighted by Crippen LogP contribution is -2.44. The summed E-state index contributed by atoms with van der Waals surface area (Å²) in [7, 11) is 0. The fraction of sp³-hybridized carbons (Fsp3) is 0.552. The zero-order valence-electron chi connectivity index (χ0n) is 22.0. The van der Waals surface area contributed by atoms with Crippen LogP contribution in [-0.2, 0) is 12.7 Å². The smallest absolute Gasteiger partial charge is 0.416 e. The first kappa shape index (κ1) is 29.0. The van der Waals surface area contributed by atoms with Crippen molar-refractivity contribution in [3.63, 3.8) is 0 Å². The number of ether oxygens (including phenoxy) is 1. The maximum Gasteiger partial charge on any atom is 0.416 e. The van der Waals surface area contributed by atoms with Gasteiger partial charge < -0.3 is 9.64 Å². The number of hydrogen-bond donors (Lipinski definition) is 0. The van der Waals surface area contributed by atoms with Crippen molar-refractivity contribution in [2.24, 2.45) is 5.92 Å². The van der Waals surface area contributed by atoms with Gasteiger partial charge in [0.2, 0.25) is 0 Å². The van der Waals surface area contributed by atoms with Gasteiger partial charge in [-0.2, -0.15) is 13.2 Å². The van der Waals surface area contributed by atoms with Crippen molar-refractivity contribution in [2.75, 3.05) is 32.8 Å². The van der Waals surface area contributed by atoms with Crippen molar-refractivity contribution >= 4 is 17.5 Å². The summed E-state index contributed by atoms with van der Waals surface area (Å²) in [6.45, 7) is 2.27. The summed E-state index contributed by atoms with van der Waals surface area (Å²) in [4.78, 5) is 16.1. The van der Waals surface area contributed by atoms with Gasteiger partial charge in [0.25, 0.3) is 5.91 Å². The van der Waals surface area contributed by atoms with Crippen LogP contribution >= 0.6 is 11.6 Å². The molecule has 1 amide bonds. The van der Waals surface area contributed by atoms with E-state index in [0.717, 1.165) is 31.0 Å². The maximum absolute atomic E-state index is 15.7. The molecule has 11 heteroatoms. The monoisotopic (exact) mass is 588 g/mol. The van der Waals surface area contributed by atoms with Crippen LogP contribution in [0, 0.1) is 11.7 Å². The van der Waals surface area contributed by atoms with Gasteiger partial charge in [0.15, 0.2) is 0 Å². The topological polar surface area (TPSA) is 32.8 Å². The van der Waals surface area contributed by atoms with Crippen molar-refractivity contribution in [1.29, 1.82) is 0 Å². The zero-order chi connectivity index (χ0) is 28.8. The lowest BCUT2D eigenvalue weighted by atomic mass is 9.93. The molecule has 3 aliphatic rings. The molecule has 2 unspecified atom stereocenters. The van der Waals surface area contributed by atoms with E-state index in [1.807, 2.05) is 4.90 Å². The molecular formula is C29H31ClF6N2O2. The Balaban J connectivity index is 1.22. The lowest BCUT2D eigenvalue weighted by molar-refractivity contribution is -0.137. The van der Waals surface area contributed by atoms with Gasteiger partial charge in [0.05, 0.1) is 17.7 Å². The van der Waals surface area contributed by atoms with Crippen LogP contribution in [-0.4, -0.2) is 60.3 Å². The fourth-order valence-corrected chi connectivity index (χ4v) is 5.59. The summed E-state index contributed by atoms with van der Waals surface area (Å²) >= 11 is 6.12. The van der Waals surface area contributed by atoms with E-state index in [1.165, 1.54) is 17.0 Å². The molecule has 2 aromatic rings. The summed E-state index contributed by atoms with van der Waals surface area (Å²) in [6, 6.07) is 5.76. The number of likely N-dealkylation sites (tertiary alicyclic amines) is 2. The SMILES string of the molecule is CC1CN(C(=O)c2cc(C3CC3)c(OCC3(F)CCN(Cc4cc(C(F)(F)F)ccc4Cl)CC3)cc2F)CC1F. The van der Waals surface area contributed by atoms with E-state index < -0.39 is 35.3 Å². The quantitative estimate of drug-likeness (QED) is 0.321. The molecule has 0 spiro atoms. The molecule has 2 heterocycles. The van der Waals surface area contributed by atoms with Gasteiger partial charge in [-0.3, -0.25) is 9.69 Å². The molecule has 1 aliphatic carbocycles. The molecule has 0 bridgehead atoms. The van der Waals surface area contributed by atoms with E-state index >= 15 is 8.78 Å². The Morgan fingerprint density at radius 3 is 2.42 bits per heavy atom. The van der Waals surface area contributed by atoms with Gasteiger partial charge in [-0.25, -0.2) is 13.2 Å². The third-order valence-corrected chi connectivity index (χ3v) is 8.53. The minimum Gasteiger partial charge on any atom is -0.490 e. The summed E-state index contributed by atoms with van der Waals surface area (Å²) in [6.07, 6.45) is -3.78. The highest BCUT2D eigenvalue weighted by Crippen LogP contribution is 2.46. The van der Waals surface area contributed by atoms with E-state index in [0.29, 0.717) is 11.1 Å². The Morgan fingerprint density at radius 2 is 1.82 bits per heavy atom. The molecule has 1 saturated carbocycles. The average molecular weight is 589 g/mol. The molecular weight excluding hydrogens is 558 g/mol. The molecule has 3 fully saturated rings. The van der Waals surface area contributed by atoms with Crippen LogP contribution in [0.15, 0.2) is 30.3 Å². The van der Waals surface area contributed by atoms with Gasteiger partial charge in [-0.15, -0.1) is 0 Å². The van der Waals surface area contributed by atoms with E-state index in [4.69, 9.17) is 16.3 Å². The molecule has 0 N–H and O–H groups in total. The van der Waals surface area contributed by atoms with Crippen molar-refractivity contribution < 1.29 is 35.9 Å². The molecule has 2 aliphatic heterocycles. The molecule has 0 aromatic heterocycles. The molecule has 218 valence electrons. The summed E-state index contributed by atoms with van der Waals surface area (Å²) < 4.78 is 89.8. The predicted molar refractivity (Wildman–Crippen MR) is 139 cm³/mol. The summed E-state index contributed by atoms with van der Waals surface area (Å²) in [5.74, 6) is -1.38. The average Bonchev–Trinajstić information content (AvgIpc) is 3.68. The van der Waals surface area contributed by atoms with E-state index in [9.17, 15) is 22.4 Å². The fourth-order valence-electron chi connectivity index (χ4n) is 5.41. The number of benzene rings is 2. The molecule has 0 radical (unpaired) electrons. The predicted octanol–water partition coefficient (Wildman–Crippen LogP) is 7.19. The second-order valence-electron chi connectivity index (χ2n) is 11.4. The summed E-state index contributed by atoms with van der Waals surface area (Å²) in [5, 5.41) is 0.216. The van der Waals surface area contributed by atoms with Crippen LogP contribution < -0.4 is 4.74 Å². The van der Waals surface area contributed by atoms with Crippen LogP contribution in [0.25, 0.3) is 0 Å². The van der Waals surface area contributed by atoms with Crippen LogP contribution in [0.4, 0.5) is 26.3 Å². The van der Waals surface area contributed by atoms with Gasteiger partial charge in [-0.05, 0) is 67.0 Å². The largest absolute Gasteiger partial charge is 0.490 e. The van der Waals surface area contributed by atoms with Gasteiger partial charge in [0, 0.05) is 43.2 Å². The minimum atomic E-state index is -4.48. The van der Waals surface area contributed by atoms with Crippen LogP contribution in [0.1, 0.15) is 65.6 Å². The van der Waals surface area contributed by atoms with Gasteiger partial charge in [0.1, 0.15) is 30.0 Å². The van der Waals surface area contributed by atoms with Gasteiger partial charge >= 0.3 is 6.18 Å². The number of carbonyl (C=O) groups excluding carboxylic acids is 1. The van der Waals surface area contributed by atoms with Crippen molar-refractivity contribution in [3.05, 3.63) is 63.4 Å². The normalized spacial score (nSPS) is 23.4. The number of nitrogens with zero attached hydrogens (tertiary/aromatic N) is 2. The number of halogens is 7. The number of piperidine rings is 1. The highest BCUT2D eigenvalue weighted by atomic mass is 35.5. The molecule has 2 saturated heterocycles. The first-order valence-corrected chi connectivity index (χ1v) is 13.9. The Kier molecular flexibility index (Phi) is 8.05. The van der Waals surface area contributed by atoms with E-state index in [1.54, 1.807) is 6.92 Å². The second-order valence-corrected chi connectivity index (χ2v) is 11.8. The Hall–Kier alpha value is -2.46. The molecule has 4 nitrogen and oxygen atoms in total. The van der Waals surface area contributed by atoms with Crippen molar-refractivity contribution in [2.45, 2.75) is 63.1 Å². The third-order valence-electron chi connectivity index (χ3n) is 8.16. The minimum absolute atomic E-state index is 0.0716. The van der Waals surface area contributed by atoms with Crippen molar-refractivity contribution in [3.8, 4) is 5.75 Å². The number of amides is 1. The maximum atomic E-state index is 15.7. The number of alkyl halides is 5. The molecule has 5 rings (SSSR count). The molecule has 2 atom stereocenters. The highest BCUT2D eigenvalue weighted by molar-refractivity contribution is 6.31. The highest BCUT2D eigenvalue weighted by Gasteiger charge is 2.38. The lowest BCUT2D eigenvalue weighted by Gasteiger charge is -2.36. The first-order chi connectivity index (χ1) is 18.8. The first-order valence-electron chi connectivity index (χ1n) is 13.5. The van der Waals surface area contributed by atoms with Crippen LogP contribution in [0.5, 0.6) is 5.75 Å². The number of carbonyl (C=O) groups is 1. The second kappa shape index (κ2) is 11.1. The standard InChI is InChI=1S/C29H31ClF6N2O2/c1-17-13-38(15-25(17)32)27(39)22-11-21(18-2-3-18)26(12-24(22)31)40-16-28(33)6-8-37(9-7-28)14-19-10-20(29(34,35)36)4-5-23(19)30/h4-5,10-12,17-18,25H,2-3,6-9,13-16H2,1H3. The van der Waals surface area contributed by atoms with E-state index in [-0.39, 0.29) is 80.3 Å². The summed E-state index contributed by atoms with van der Waals surface area (Å²) in [5.41, 5.74) is -1.66. The van der Waals surface area contributed by atoms with Crippen LogP contribution in [0.3, 0.4) is 0 Å². The Bertz CT molecular complexity index is 1250. The Labute approximate surface area is 234 Å². The Morgan fingerprint density at radius 1 is 1.12 bits per heavy atom. The molecule has 40 heavy (non-hydrogen) atoms. The van der Waals surface area contributed by atoms with Crippen molar-refractivity contribution in [1.82, 2.24) is 9.80 Å². The number of hydrogen-bond acceptors (Lipinski definition) is 3. The van der Waals surface area contributed by atoms with E-state index in [2.05, 4.69) is 0 Å². The third kappa shape index (κ3) is 6.38. The zero-order valence-corrected chi connectivity index (χ0v) is 22.8. The molecule has 2 aromatic carbocycles. The van der Waals surface area contributed by atoms with Crippen LogP contribution in [0.2, 0.25) is 5.02 Å². The van der Waals surface area contributed by atoms with Gasteiger partial charge in [-0.1, -0.05) is 18.5 Å². The number of rotatable bonds is 7.